The molecule has 0 saturated carbocycles. The third kappa shape index (κ3) is 6.53. The predicted octanol–water partition coefficient (Wildman–Crippen LogP) is 1.84. The van der Waals surface area contributed by atoms with Gasteiger partial charge >= 0.3 is 0 Å². The van der Waals surface area contributed by atoms with E-state index in [1.54, 1.807) is 11.8 Å². The van der Waals surface area contributed by atoms with Gasteiger partial charge in [-0.1, -0.05) is 25.1 Å². The van der Waals surface area contributed by atoms with Crippen LogP contribution in [-0.2, 0) is 9.59 Å². The molecule has 0 radical (unpaired) electrons. The van der Waals surface area contributed by atoms with E-state index < -0.39 is 0 Å². The average molecular weight is 350 g/mol. The van der Waals surface area contributed by atoms with Crippen LogP contribution < -0.4 is 5.32 Å². The van der Waals surface area contributed by atoms with Crippen molar-refractivity contribution in [1.29, 1.82) is 0 Å². The number of amides is 2. The number of carbonyl (C=O) groups is 2. The van der Waals surface area contributed by atoms with Gasteiger partial charge in [0.25, 0.3) is 0 Å². The van der Waals surface area contributed by atoms with Gasteiger partial charge in [0.15, 0.2) is 0 Å². The van der Waals surface area contributed by atoms with Crippen molar-refractivity contribution in [2.45, 2.75) is 24.7 Å². The van der Waals surface area contributed by atoms with Crippen molar-refractivity contribution < 1.29 is 9.59 Å². The molecule has 2 rings (SSSR count). The van der Waals surface area contributed by atoms with Crippen LogP contribution in [0.3, 0.4) is 0 Å². The standard InChI is InChI=1S/C18H27N3O2S/c1-2-9-19-17(22)15-20-10-12-21(13-11-20)18(23)8-14-24-16-6-4-3-5-7-16/h3-7H,2,8-15H2,1H3,(H,19,22). The summed E-state index contributed by atoms with van der Waals surface area (Å²) >= 11 is 1.72. The summed E-state index contributed by atoms with van der Waals surface area (Å²) in [5.74, 6) is 1.10. The summed E-state index contributed by atoms with van der Waals surface area (Å²) in [5, 5.41) is 2.89. The molecular weight excluding hydrogens is 322 g/mol. The van der Waals surface area contributed by atoms with E-state index in [0.29, 0.717) is 13.0 Å². The van der Waals surface area contributed by atoms with Gasteiger partial charge in [-0.05, 0) is 18.6 Å². The molecule has 2 amide bonds. The summed E-state index contributed by atoms with van der Waals surface area (Å²) in [6.45, 7) is 6.20. The Bertz CT molecular complexity index is 516. The first-order chi connectivity index (χ1) is 11.7. The van der Waals surface area contributed by atoms with Gasteiger partial charge < -0.3 is 10.2 Å². The maximum Gasteiger partial charge on any atom is 0.234 e. The van der Waals surface area contributed by atoms with Gasteiger partial charge in [-0.25, -0.2) is 0 Å². The molecule has 5 nitrogen and oxygen atoms in total. The Morgan fingerprint density at radius 2 is 1.83 bits per heavy atom. The van der Waals surface area contributed by atoms with Crippen molar-refractivity contribution in [2.24, 2.45) is 0 Å². The minimum absolute atomic E-state index is 0.0795. The van der Waals surface area contributed by atoms with Gasteiger partial charge in [0.05, 0.1) is 6.54 Å². The number of carbonyl (C=O) groups excluding carboxylic acids is 2. The Hall–Kier alpha value is -1.53. The quantitative estimate of drug-likeness (QED) is 0.728. The number of rotatable bonds is 8. The van der Waals surface area contributed by atoms with Crippen molar-refractivity contribution in [3.63, 3.8) is 0 Å². The zero-order chi connectivity index (χ0) is 17.2. The lowest BCUT2D eigenvalue weighted by Gasteiger charge is -2.34. The van der Waals surface area contributed by atoms with Crippen LogP contribution in [0.4, 0.5) is 0 Å². The number of nitrogens with one attached hydrogen (secondary N) is 1. The Labute approximate surface area is 148 Å². The van der Waals surface area contributed by atoms with Crippen LogP contribution in [0, 0.1) is 0 Å². The minimum atomic E-state index is 0.0795. The fourth-order valence-corrected chi connectivity index (χ4v) is 3.47. The van der Waals surface area contributed by atoms with Crippen LogP contribution in [0.2, 0.25) is 0 Å². The lowest BCUT2D eigenvalue weighted by atomic mass is 10.3. The molecule has 1 fully saturated rings. The lowest BCUT2D eigenvalue weighted by Crippen LogP contribution is -2.51. The molecule has 0 spiro atoms. The van der Waals surface area contributed by atoms with E-state index in [2.05, 4.69) is 22.3 Å². The normalized spacial score (nSPS) is 15.3. The first-order valence-corrected chi connectivity index (χ1v) is 9.62. The molecule has 0 aliphatic carbocycles. The Kier molecular flexibility index (Phi) is 8.12. The second-order valence-corrected chi connectivity index (χ2v) is 7.09. The van der Waals surface area contributed by atoms with Crippen LogP contribution >= 0.6 is 11.8 Å². The van der Waals surface area contributed by atoms with E-state index in [1.807, 2.05) is 30.0 Å². The number of thioether (sulfide) groups is 1. The topological polar surface area (TPSA) is 52.7 Å². The first kappa shape index (κ1) is 18.8. The molecule has 0 aromatic heterocycles. The largest absolute Gasteiger partial charge is 0.355 e. The molecule has 1 saturated heterocycles. The van der Waals surface area contributed by atoms with Crippen molar-refractivity contribution in [1.82, 2.24) is 15.1 Å². The fourth-order valence-electron chi connectivity index (χ4n) is 2.61. The van der Waals surface area contributed by atoms with E-state index in [9.17, 15) is 9.59 Å². The molecule has 6 heteroatoms. The van der Waals surface area contributed by atoms with Crippen molar-refractivity contribution >= 4 is 23.6 Å². The lowest BCUT2D eigenvalue weighted by molar-refractivity contribution is -0.132. The molecule has 1 aromatic carbocycles. The third-order valence-electron chi connectivity index (χ3n) is 3.99. The Morgan fingerprint density at radius 1 is 1.12 bits per heavy atom. The molecule has 132 valence electrons. The van der Waals surface area contributed by atoms with Crippen molar-refractivity contribution in [2.75, 3.05) is 45.0 Å². The number of nitrogens with zero attached hydrogens (tertiary/aromatic N) is 2. The molecule has 24 heavy (non-hydrogen) atoms. The fraction of sp³-hybridized carbons (Fsp3) is 0.556. The second kappa shape index (κ2) is 10.4. The van der Waals surface area contributed by atoms with Crippen molar-refractivity contribution in [3.05, 3.63) is 30.3 Å². The van der Waals surface area contributed by atoms with E-state index >= 15 is 0 Å². The molecule has 0 unspecified atom stereocenters. The highest BCUT2D eigenvalue weighted by Gasteiger charge is 2.21. The summed E-state index contributed by atoms with van der Waals surface area (Å²) in [6, 6.07) is 10.2. The van der Waals surface area contributed by atoms with E-state index in [0.717, 1.165) is 44.9 Å². The van der Waals surface area contributed by atoms with Gasteiger partial charge in [0.2, 0.25) is 11.8 Å². The summed E-state index contributed by atoms with van der Waals surface area (Å²) in [4.78, 5) is 29.2. The minimum Gasteiger partial charge on any atom is -0.355 e. The van der Waals surface area contributed by atoms with E-state index in [4.69, 9.17) is 0 Å². The summed E-state index contributed by atoms with van der Waals surface area (Å²) in [7, 11) is 0. The average Bonchev–Trinajstić information content (AvgIpc) is 2.61. The molecule has 1 aromatic rings. The summed E-state index contributed by atoms with van der Waals surface area (Å²) in [6.07, 6.45) is 1.52. The van der Waals surface area contributed by atoms with Crippen LogP contribution in [0.15, 0.2) is 35.2 Å². The number of piperazine rings is 1. The van der Waals surface area contributed by atoms with E-state index in [-0.39, 0.29) is 11.8 Å². The predicted molar refractivity (Wildman–Crippen MR) is 98.1 cm³/mol. The maximum atomic E-state index is 12.3. The zero-order valence-electron chi connectivity index (χ0n) is 14.4. The molecule has 1 aliphatic heterocycles. The Morgan fingerprint density at radius 3 is 2.50 bits per heavy atom. The molecule has 1 N–H and O–H groups in total. The SMILES string of the molecule is CCCNC(=O)CN1CCN(C(=O)CCSc2ccccc2)CC1. The van der Waals surface area contributed by atoms with Crippen LogP contribution in [-0.4, -0.2) is 66.6 Å². The van der Waals surface area contributed by atoms with Crippen LogP contribution in [0.25, 0.3) is 0 Å². The third-order valence-corrected chi connectivity index (χ3v) is 5.01. The summed E-state index contributed by atoms with van der Waals surface area (Å²) < 4.78 is 0. The maximum absolute atomic E-state index is 12.3. The number of hydrogen-bond acceptors (Lipinski definition) is 4. The molecule has 1 aliphatic rings. The first-order valence-electron chi connectivity index (χ1n) is 8.63. The monoisotopic (exact) mass is 349 g/mol. The van der Waals surface area contributed by atoms with Crippen LogP contribution in [0.5, 0.6) is 0 Å². The van der Waals surface area contributed by atoms with Gasteiger partial charge in [0.1, 0.15) is 0 Å². The highest BCUT2D eigenvalue weighted by atomic mass is 32.2. The highest BCUT2D eigenvalue weighted by molar-refractivity contribution is 7.99. The molecular formula is C18H27N3O2S. The van der Waals surface area contributed by atoms with Gasteiger partial charge in [-0.2, -0.15) is 0 Å². The molecule has 0 bridgehead atoms. The second-order valence-electron chi connectivity index (χ2n) is 5.92. The molecule has 0 atom stereocenters. The molecule has 1 heterocycles. The smallest absolute Gasteiger partial charge is 0.234 e. The van der Waals surface area contributed by atoms with Crippen molar-refractivity contribution in [3.8, 4) is 0 Å². The van der Waals surface area contributed by atoms with Crippen LogP contribution in [0.1, 0.15) is 19.8 Å². The van der Waals surface area contributed by atoms with E-state index in [1.165, 1.54) is 4.90 Å². The number of benzene rings is 1. The summed E-state index contributed by atoms with van der Waals surface area (Å²) in [5.41, 5.74) is 0. The van der Waals surface area contributed by atoms with Gasteiger partial charge in [-0.3, -0.25) is 14.5 Å². The number of hydrogen-bond donors (Lipinski definition) is 1. The Balaban J connectivity index is 1.62. The van der Waals surface area contributed by atoms with Gasteiger partial charge in [-0.15, -0.1) is 11.8 Å². The zero-order valence-corrected chi connectivity index (χ0v) is 15.2. The highest BCUT2D eigenvalue weighted by Crippen LogP contribution is 2.18. The van der Waals surface area contributed by atoms with Gasteiger partial charge in [0, 0.05) is 49.8 Å².